The maximum absolute atomic E-state index is 6.41. The second kappa shape index (κ2) is 8.74. The Balaban J connectivity index is 1.59. The third-order valence-corrected chi connectivity index (χ3v) is 6.76. The topological polar surface area (TPSA) is 42.7 Å². The maximum Gasteiger partial charge on any atom is 0.130 e. The van der Waals surface area contributed by atoms with Gasteiger partial charge in [0, 0.05) is 29.9 Å². The van der Waals surface area contributed by atoms with Gasteiger partial charge >= 0.3 is 0 Å². The lowest BCUT2D eigenvalue weighted by Crippen LogP contribution is -2.16. The molecule has 0 atom stereocenters. The lowest BCUT2D eigenvalue weighted by molar-refractivity contribution is 0.865. The number of hydrogen-bond acceptors (Lipinski definition) is 3. The van der Waals surface area contributed by atoms with Gasteiger partial charge in [-0.2, -0.15) is 0 Å². The predicted octanol–water partition coefficient (Wildman–Crippen LogP) is 5.61. The molecule has 4 rings (SSSR count). The van der Waals surface area contributed by atoms with Crippen LogP contribution in [0.3, 0.4) is 0 Å². The number of allylic oxidation sites excluding steroid dienone is 1. The van der Waals surface area contributed by atoms with Gasteiger partial charge in [-0.3, -0.25) is 0 Å². The van der Waals surface area contributed by atoms with Crippen molar-refractivity contribution in [3.63, 3.8) is 0 Å². The molecule has 2 radical (unpaired) electrons. The summed E-state index contributed by atoms with van der Waals surface area (Å²) in [7, 11) is 8.44. The largest absolute Gasteiger partial charge is 0.341 e. The summed E-state index contributed by atoms with van der Waals surface area (Å²) >= 11 is 0. The zero-order valence-electron chi connectivity index (χ0n) is 20.2. The van der Waals surface area contributed by atoms with E-state index in [4.69, 9.17) is 7.85 Å². The highest BCUT2D eigenvalue weighted by molar-refractivity contribution is 6.35. The van der Waals surface area contributed by atoms with Crippen molar-refractivity contribution in [2.24, 2.45) is 7.05 Å². The summed E-state index contributed by atoms with van der Waals surface area (Å²) in [5, 5.41) is 5.49. The van der Waals surface area contributed by atoms with Crippen LogP contribution >= 0.6 is 0 Å². The van der Waals surface area contributed by atoms with Crippen LogP contribution in [-0.2, 0) is 7.05 Å². The lowest BCUT2D eigenvalue weighted by Gasteiger charge is -2.17. The molecule has 0 spiro atoms. The van der Waals surface area contributed by atoms with Crippen LogP contribution in [0, 0.1) is 34.6 Å². The average Bonchev–Trinajstić information content (AvgIpc) is 3.14. The van der Waals surface area contributed by atoms with Crippen LogP contribution in [0.15, 0.2) is 55.0 Å². The van der Waals surface area contributed by atoms with Gasteiger partial charge in [0.2, 0.25) is 0 Å². The average molecular weight is 432 g/mol. The Bertz CT molecular complexity index is 1400. The standard InChI is InChI=1S/C28H29BN4/c1-16(8-11-25-19(4)17(2)18(3)20(5)28(25)29)32-27-13-24-12-22(9-10-23(24)14-31-27)26-15-30-21(6)33(26)7/h8-15H,1H2,2-7H3,(H,31,32)/b11-8+. The highest BCUT2D eigenvalue weighted by Crippen LogP contribution is 2.26. The van der Waals surface area contributed by atoms with E-state index in [-0.39, 0.29) is 0 Å². The van der Waals surface area contributed by atoms with E-state index in [1.807, 2.05) is 44.6 Å². The Hall–Kier alpha value is -3.60. The van der Waals surface area contributed by atoms with Crippen molar-refractivity contribution in [2.75, 3.05) is 5.32 Å². The number of benzene rings is 2. The number of anilines is 1. The number of nitrogens with zero attached hydrogens (tertiary/aromatic N) is 3. The zero-order chi connectivity index (χ0) is 23.9. The van der Waals surface area contributed by atoms with Crippen molar-refractivity contribution in [3.05, 3.63) is 88.7 Å². The second-order valence-corrected chi connectivity index (χ2v) is 8.69. The Labute approximate surface area is 197 Å². The number of pyridine rings is 1. The van der Waals surface area contributed by atoms with Gasteiger partial charge in [0.05, 0.1) is 11.9 Å². The Morgan fingerprint density at radius 3 is 2.36 bits per heavy atom. The van der Waals surface area contributed by atoms with Crippen LogP contribution in [0.1, 0.15) is 33.6 Å². The van der Waals surface area contributed by atoms with Crippen LogP contribution in [0.4, 0.5) is 5.82 Å². The maximum atomic E-state index is 6.41. The minimum Gasteiger partial charge on any atom is -0.341 e. The molecule has 4 nitrogen and oxygen atoms in total. The molecule has 0 fully saturated rings. The molecule has 0 bridgehead atoms. The third-order valence-electron chi connectivity index (χ3n) is 6.76. The summed E-state index contributed by atoms with van der Waals surface area (Å²) in [6.07, 6.45) is 7.77. The van der Waals surface area contributed by atoms with E-state index in [1.165, 1.54) is 16.7 Å². The fraction of sp³-hybridized carbons (Fsp3) is 0.214. The van der Waals surface area contributed by atoms with Crippen molar-refractivity contribution in [1.82, 2.24) is 14.5 Å². The minimum atomic E-state index is 0.745. The van der Waals surface area contributed by atoms with Gasteiger partial charge in [-0.15, -0.1) is 0 Å². The van der Waals surface area contributed by atoms with Gasteiger partial charge in [-0.05, 0) is 80.5 Å². The summed E-state index contributed by atoms with van der Waals surface area (Å²) in [5.74, 6) is 1.73. The first-order valence-corrected chi connectivity index (χ1v) is 11.1. The van der Waals surface area contributed by atoms with Crippen molar-refractivity contribution in [1.29, 1.82) is 0 Å². The SMILES string of the molecule is [B]c1c(C)c(C)c(C)c(C)c1/C=C/C(=C)Nc1cc2cc(-c3cnc(C)n3C)ccc2cn1. The van der Waals surface area contributed by atoms with Crippen LogP contribution in [0.25, 0.3) is 28.1 Å². The van der Waals surface area contributed by atoms with Crippen molar-refractivity contribution in [3.8, 4) is 11.3 Å². The number of aromatic nitrogens is 3. The van der Waals surface area contributed by atoms with E-state index in [9.17, 15) is 0 Å². The number of fused-ring (bicyclic) bond motifs is 1. The van der Waals surface area contributed by atoms with Gasteiger partial charge in [-0.25, -0.2) is 9.97 Å². The van der Waals surface area contributed by atoms with E-state index in [0.717, 1.165) is 56.0 Å². The zero-order valence-corrected chi connectivity index (χ0v) is 20.2. The van der Waals surface area contributed by atoms with Gasteiger partial charge in [0.25, 0.3) is 0 Å². The third kappa shape index (κ3) is 4.23. The predicted molar refractivity (Wildman–Crippen MR) is 141 cm³/mol. The Morgan fingerprint density at radius 1 is 0.939 bits per heavy atom. The quantitative estimate of drug-likeness (QED) is 0.329. The lowest BCUT2D eigenvalue weighted by atomic mass is 9.79. The molecule has 2 aromatic heterocycles. The number of nitrogens with one attached hydrogen (secondary N) is 1. The molecular formula is C28H29BN4. The van der Waals surface area contributed by atoms with E-state index in [1.54, 1.807) is 0 Å². The van der Waals surface area contributed by atoms with Gasteiger partial charge in [0.15, 0.2) is 0 Å². The van der Waals surface area contributed by atoms with Gasteiger partial charge in [0.1, 0.15) is 19.5 Å². The summed E-state index contributed by atoms with van der Waals surface area (Å²) in [4.78, 5) is 8.97. The molecule has 0 aliphatic carbocycles. The smallest absolute Gasteiger partial charge is 0.130 e. The number of rotatable bonds is 5. The molecule has 0 amide bonds. The van der Waals surface area contributed by atoms with Crippen LogP contribution < -0.4 is 10.8 Å². The summed E-state index contributed by atoms with van der Waals surface area (Å²) in [6, 6.07) is 8.40. The fourth-order valence-electron chi connectivity index (χ4n) is 4.11. The molecule has 0 unspecified atom stereocenters. The van der Waals surface area contributed by atoms with E-state index >= 15 is 0 Å². The monoisotopic (exact) mass is 432 g/mol. The van der Waals surface area contributed by atoms with E-state index in [2.05, 4.69) is 72.3 Å². The van der Waals surface area contributed by atoms with Crippen LogP contribution in [0.2, 0.25) is 0 Å². The molecule has 1 N–H and O–H groups in total. The molecule has 0 saturated carbocycles. The van der Waals surface area contributed by atoms with Crippen LogP contribution in [-0.4, -0.2) is 22.4 Å². The van der Waals surface area contributed by atoms with Gasteiger partial charge in [-0.1, -0.05) is 35.8 Å². The minimum absolute atomic E-state index is 0.745. The number of aryl methyl sites for hydroxylation is 1. The second-order valence-electron chi connectivity index (χ2n) is 8.69. The van der Waals surface area contributed by atoms with Crippen molar-refractivity contribution in [2.45, 2.75) is 34.6 Å². The summed E-state index contributed by atoms with van der Waals surface area (Å²) in [5.41, 5.74) is 9.67. The number of hydrogen-bond donors (Lipinski definition) is 1. The van der Waals surface area contributed by atoms with E-state index in [0.29, 0.717) is 0 Å². The molecule has 2 heterocycles. The summed E-state index contributed by atoms with van der Waals surface area (Å²) in [6.45, 7) is 14.6. The first-order chi connectivity index (χ1) is 15.7. The molecule has 0 saturated heterocycles. The van der Waals surface area contributed by atoms with Crippen LogP contribution in [0.5, 0.6) is 0 Å². The normalized spacial score (nSPS) is 11.5. The van der Waals surface area contributed by atoms with Gasteiger partial charge < -0.3 is 9.88 Å². The molecule has 2 aromatic carbocycles. The number of imidazole rings is 1. The molecule has 5 heteroatoms. The first-order valence-electron chi connectivity index (χ1n) is 11.1. The molecule has 0 aliphatic heterocycles. The molecule has 164 valence electrons. The molecule has 0 aliphatic rings. The molecular weight excluding hydrogens is 403 g/mol. The Morgan fingerprint density at radius 2 is 1.67 bits per heavy atom. The summed E-state index contributed by atoms with van der Waals surface area (Å²) < 4.78 is 2.09. The highest BCUT2D eigenvalue weighted by atomic mass is 15.0. The Kier molecular flexibility index (Phi) is 5.98. The van der Waals surface area contributed by atoms with Crippen molar-refractivity contribution < 1.29 is 0 Å². The fourth-order valence-corrected chi connectivity index (χ4v) is 4.11. The van der Waals surface area contributed by atoms with E-state index < -0.39 is 0 Å². The van der Waals surface area contributed by atoms with Crippen molar-refractivity contribution >= 4 is 36.0 Å². The molecule has 4 aromatic rings. The molecule has 33 heavy (non-hydrogen) atoms. The first kappa shape index (κ1) is 22.6. The highest BCUT2D eigenvalue weighted by Gasteiger charge is 2.10.